The van der Waals surface area contributed by atoms with Gasteiger partial charge in [0.1, 0.15) is 0 Å². The monoisotopic (exact) mass is 245 g/mol. The smallest absolute Gasteiger partial charge is 0.0496 e. The van der Waals surface area contributed by atoms with Crippen molar-refractivity contribution < 1.29 is 0 Å². The molecule has 2 aromatic rings. The lowest BCUT2D eigenvalue weighted by molar-refractivity contribution is 0.881. The molecule has 2 rings (SSSR count). The topological polar surface area (TPSA) is 12.0 Å². The number of thiophene rings is 1. The largest absolute Gasteiger partial charge is 0.378 e. The fraction of sp³-hybridized carbons (Fsp3) is 0.333. The summed E-state index contributed by atoms with van der Waals surface area (Å²) < 4.78 is 0. The van der Waals surface area contributed by atoms with Crippen LogP contribution in [0.5, 0.6) is 0 Å². The maximum atomic E-state index is 3.56. The second-order valence-electron chi connectivity index (χ2n) is 4.60. The molecule has 0 spiro atoms. The number of nitrogens with one attached hydrogen (secondary N) is 1. The van der Waals surface area contributed by atoms with Crippen molar-refractivity contribution in [2.75, 3.05) is 5.32 Å². The normalized spacial score (nSPS) is 12.5. The van der Waals surface area contributed by atoms with Gasteiger partial charge in [-0.3, -0.25) is 0 Å². The molecule has 1 N–H and O–H groups in total. The zero-order valence-electron chi connectivity index (χ0n) is 10.9. The van der Waals surface area contributed by atoms with E-state index in [1.54, 1.807) is 0 Å². The van der Waals surface area contributed by atoms with Gasteiger partial charge in [0.05, 0.1) is 0 Å². The van der Waals surface area contributed by atoms with Crippen molar-refractivity contribution in [3.8, 4) is 0 Å². The summed E-state index contributed by atoms with van der Waals surface area (Å²) in [4.78, 5) is 2.80. The molecule has 0 radical (unpaired) electrons. The van der Waals surface area contributed by atoms with Gasteiger partial charge in [0, 0.05) is 21.5 Å². The van der Waals surface area contributed by atoms with Crippen LogP contribution in [0.25, 0.3) is 0 Å². The number of hydrogen-bond acceptors (Lipinski definition) is 2. The van der Waals surface area contributed by atoms with Crippen LogP contribution in [0.4, 0.5) is 5.69 Å². The van der Waals surface area contributed by atoms with E-state index in [1.165, 1.54) is 26.6 Å². The van der Waals surface area contributed by atoms with Gasteiger partial charge in [-0.1, -0.05) is 12.1 Å². The van der Waals surface area contributed by atoms with Gasteiger partial charge in [0.25, 0.3) is 0 Å². The van der Waals surface area contributed by atoms with Gasteiger partial charge in [0.15, 0.2) is 0 Å². The molecule has 0 amide bonds. The molecule has 17 heavy (non-hydrogen) atoms. The quantitative estimate of drug-likeness (QED) is 0.815. The maximum Gasteiger partial charge on any atom is 0.0496 e. The second kappa shape index (κ2) is 4.92. The molecule has 1 aromatic carbocycles. The molecule has 0 aliphatic carbocycles. The molecule has 0 aliphatic rings. The summed E-state index contributed by atoms with van der Waals surface area (Å²) in [6.07, 6.45) is 0. The van der Waals surface area contributed by atoms with Gasteiger partial charge in [-0.25, -0.2) is 0 Å². The van der Waals surface area contributed by atoms with E-state index < -0.39 is 0 Å². The van der Waals surface area contributed by atoms with E-state index in [9.17, 15) is 0 Å². The number of anilines is 1. The first-order chi connectivity index (χ1) is 8.06. The Bertz CT molecular complexity index is 513. The summed E-state index contributed by atoms with van der Waals surface area (Å²) in [5, 5.41) is 3.56. The van der Waals surface area contributed by atoms with Gasteiger partial charge in [-0.15, -0.1) is 11.3 Å². The van der Waals surface area contributed by atoms with Crippen molar-refractivity contribution in [1.29, 1.82) is 0 Å². The van der Waals surface area contributed by atoms with Crippen LogP contribution in [-0.4, -0.2) is 0 Å². The number of hydrogen-bond donors (Lipinski definition) is 1. The third-order valence-corrected chi connectivity index (χ3v) is 3.93. The number of aryl methyl sites for hydroxylation is 3. The van der Waals surface area contributed by atoms with Crippen molar-refractivity contribution in [1.82, 2.24) is 0 Å². The molecule has 1 unspecified atom stereocenters. The summed E-state index contributed by atoms with van der Waals surface area (Å²) in [6, 6.07) is 11.2. The molecule has 0 bridgehead atoms. The van der Waals surface area contributed by atoms with E-state index >= 15 is 0 Å². The van der Waals surface area contributed by atoms with Crippen LogP contribution in [0.1, 0.15) is 33.8 Å². The molecule has 1 nitrogen and oxygen atoms in total. The average Bonchev–Trinajstić information content (AvgIpc) is 2.58. The highest BCUT2D eigenvalue weighted by Crippen LogP contribution is 2.28. The Balaban J connectivity index is 2.16. The summed E-state index contributed by atoms with van der Waals surface area (Å²) in [5.74, 6) is 0. The summed E-state index contributed by atoms with van der Waals surface area (Å²) in [7, 11) is 0. The summed E-state index contributed by atoms with van der Waals surface area (Å²) >= 11 is 1.87. The van der Waals surface area contributed by atoms with E-state index in [4.69, 9.17) is 0 Å². The Kier molecular flexibility index (Phi) is 3.53. The molecule has 0 aliphatic heterocycles. The first-order valence-corrected chi connectivity index (χ1v) is 6.78. The first kappa shape index (κ1) is 12.2. The molecule has 2 heteroatoms. The zero-order chi connectivity index (χ0) is 12.4. The SMILES string of the molecule is Cc1cccc(NC(C)c2cc(C)sc2C)c1. The lowest BCUT2D eigenvalue weighted by Gasteiger charge is -2.15. The highest BCUT2D eigenvalue weighted by atomic mass is 32.1. The van der Waals surface area contributed by atoms with Gasteiger partial charge < -0.3 is 5.32 Å². The summed E-state index contributed by atoms with van der Waals surface area (Å²) in [6.45, 7) is 8.70. The van der Waals surface area contributed by atoms with Crippen LogP contribution in [0, 0.1) is 20.8 Å². The number of benzene rings is 1. The number of rotatable bonds is 3. The maximum absolute atomic E-state index is 3.56. The van der Waals surface area contributed by atoms with Crippen LogP contribution in [0.15, 0.2) is 30.3 Å². The van der Waals surface area contributed by atoms with E-state index in [1.807, 2.05) is 11.3 Å². The Morgan fingerprint density at radius 1 is 1.12 bits per heavy atom. The fourth-order valence-electron chi connectivity index (χ4n) is 2.14. The van der Waals surface area contributed by atoms with Crippen molar-refractivity contribution in [3.05, 3.63) is 51.2 Å². The molecule has 1 aromatic heterocycles. The van der Waals surface area contributed by atoms with Gasteiger partial charge >= 0.3 is 0 Å². The standard InChI is InChI=1S/C15H19NS/c1-10-6-5-7-14(8-10)16-12(3)15-9-11(2)17-13(15)4/h5-9,12,16H,1-4H3. The van der Waals surface area contributed by atoms with Crippen LogP contribution < -0.4 is 5.32 Å². The first-order valence-electron chi connectivity index (χ1n) is 5.96. The third kappa shape index (κ3) is 2.89. The van der Waals surface area contributed by atoms with Gasteiger partial charge in [0.2, 0.25) is 0 Å². The van der Waals surface area contributed by atoms with Crippen LogP contribution >= 0.6 is 11.3 Å². The van der Waals surface area contributed by atoms with Crippen molar-refractivity contribution in [2.45, 2.75) is 33.7 Å². The lowest BCUT2D eigenvalue weighted by Crippen LogP contribution is -2.06. The van der Waals surface area contributed by atoms with Gasteiger partial charge in [-0.2, -0.15) is 0 Å². The molecule has 0 saturated heterocycles. The van der Waals surface area contributed by atoms with Crippen molar-refractivity contribution >= 4 is 17.0 Å². The molecule has 1 atom stereocenters. The predicted molar refractivity (Wildman–Crippen MR) is 77.0 cm³/mol. The van der Waals surface area contributed by atoms with Crippen LogP contribution in [-0.2, 0) is 0 Å². The molecular formula is C15H19NS. The third-order valence-electron chi connectivity index (χ3n) is 2.95. The zero-order valence-corrected chi connectivity index (χ0v) is 11.7. The molecule has 90 valence electrons. The Morgan fingerprint density at radius 3 is 2.47 bits per heavy atom. The molecule has 0 saturated carbocycles. The van der Waals surface area contributed by atoms with Crippen LogP contribution in [0.2, 0.25) is 0 Å². The van der Waals surface area contributed by atoms with E-state index in [2.05, 4.69) is 63.3 Å². The minimum absolute atomic E-state index is 0.363. The Hall–Kier alpha value is -1.28. The summed E-state index contributed by atoms with van der Waals surface area (Å²) in [5.41, 5.74) is 3.90. The second-order valence-corrected chi connectivity index (χ2v) is 6.06. The van der Waals surface area contributed by atoms with Gasteiger partial charge in [-0.05, 0) is 57.0 Å². The minimum atomic E-state index is 0.363. The van der Waals surface area contributed by atoms with Crippen molar-refractivity contribution in [3.63, 3.8) is 0 Å². The molecule has 1 heterocycles. The predicted octanol–water partition coefficient (Wildman–Crippen LogP) is 4.85. The van der Waals surface area contributed by atoms with Crippen LogP contribution in [0.3, 0.4) is 0 Å². The fourth-order valence-corrected chi connectivity index (χ4v) is 3.17. The molecular weight excluding hydrogens is 226 g/mol. The Morgan fingerprint density at radius 2 is 1.88 bits per heavy atom. The highest BCUT2D eigenvalue weighted by Gasteiger charge is 2.10. The lowest BCUT2D eigenvalue weighted by atomic mass is 10.1. The molecule has 0 fully saturated rings. The van der Waals surface area contributed by atoms with E-state index in [0.29, 0.717) is 6.04 Å². The van der Waals surface area contributed by atoms with E-state index in [0.717, 1.165) is 0 Å². The van der Waals surface area contributed by atoms with Crippen molar-refractivity contribution in [2.24, 2.45) is 0 Å². The minimum Gasteiger partial charge on any atom is -0.378 e. The van der Waals surface area contributed by atoms with E-state index in [-0.39, 0.29) is 0 Å². The Labute approximate surface area is 108 Å². The highest BCUT2D eigenvalue weighted by molar-refractivity contribution is 7.12. The average molecular weight is 245 g/mol.